The lowest BCUT2D eigenvalue weighted by Crippen LogP contribution is -2.15. The Kier molecular flexibility index (Phi) is 2.61. The number of benzene rings is 1. The van der Waals surface area contributed by atoms with Crippen molar-refractivity contribution in [3.8, 4) is 0 Å². The Hall–Kier alpha value is -1.38. The average Bonchev–Trinajstić information content (AvgIpc) is 2.81. The van der Waals surface area contributed by atoms with Gasteiger partial charge in [0.2, 0.25) is 0 Å². The molecule has 0 bridgehead atoms. The van der Waals surface area contributed by atoms with Crippen LogP contribution >= 0.6 is 0 Å². The van der Waals surface area contributed by atoms with Crippen molar-refractivity contribution in [3.63, 3.8) is 0 Å². The molecule has 0 saturated heterocycles. The maximum atomic E-state index is 4.70. The van der Waals surface area contributed by atoms with Crippen molar-refractivity contribution in [3.05, 3.63) is 23.3 Å². The van der Waals surface area contributed by atoms with E-state index in [1.54, 1.807) is 0 Å². The quantitative estimate of drug-likeness (QED) is 0.748. The Labute approximate surface area is 102 Å². The van der Waals surface area contributed by atoms with Crippen molar-refractivity contribution in [1.82, 2.24) is 15.0 Å². The molecule has 3 nitrogen and oxygen atoms in total. The predicted molar refractivity (Wildman–Crippen MR) is 69.1 cm³/mol. The number of nitrogens with zero attached hydrogens (tertiary/aromatic N) is 3. The number of fused-ring (bicyclic) bond motifs is 1. The molecule has 1 fully saturated rings. The summed E-state index contributed by atoms with van der Waals surface area (Å²) in [6, 6.07) is 4.80. The van der Waals surface area contributed by atoms with Crippen LogP contribution in [-0.2, 0) is 0 Å². The molecule has 1 aromatic carbocycles. The summed E-state index contributed by atoms with van der Waals surface area (Å²) in [6.07, 6.45) is 6.48. The zero-order chi connectivity index (χ0) is 11.8. The molecule has 0 N–H and O–H groups in total. The molecule has 0 spiro atoms. The first-order valence-corrected chi connectivity index (χ1v) is 6.58. The van der Waals surface area contributed by atoms with E-state index in [4.69, 9.17) is 10.2 Å². The van der Waals surface area contributed by atoms with Crippen molar-refractivity contribution < 1.29 is 0 Å². The molecular weight excluding hydrogens is 210 g/mol. The molecule has 1 aromatic heterocycles. The minimum absolute atomic E-state index is 0.523. The van der Waals surface area contributed by atoms with E-state index < -0.39 is 0 Å². The van der Waals surface area contributed by atoms with Crippen LogP contribution in [0.25, 0.3) is 11.0 Å². The zero-order valence-electron chi connectivity index (χ0n) is 10.6. The number of hydrogen-bond donors (Lipinski definition) is 0. The fraction of sp³-hybridized carbons (Fsp3) is 0.571. The van der Waals surface area contributed by atoms with Crippen LogP contribution in [0.5, 0.6) is 0 Å². The van der Waals surface area contributed by atoms with Gasteiger partial charge in [0.25, 0.3) is 0 Å². The zero-order valence-corrected chi connectivity index (χ0v) is 10.6. The lowest BCUT2D eigenvalue weighted by molar-refractivity contribution is 0.304. The van der Waals surface area contributed by atoms with Crippen molar-refractivity contribution in [2.75, 3.05) is 0 Å². The fourth-order valence-electron chi connectivity index (χ4n) is 2.74. The van der Waals surface area contributed by atoms with E-state index in [1.807, 2.05) is 4.80 Å². The Morgan fingerprint density at radius 1 is 0.941 bits per heavy atom. The summed E-state index contributed by atoms with van der Waals surface area (Å²) < 4.78 is 0. The second kappa shape index (κ2) is 4.13. The van der Waals surface area contributed by atoms with Gasteiger partial charge in [0.15, 0.2) is 0 Å². The predicted octanol–water partition coefficient (Wildman–Crippen LogP) is 3.55. The highest BCUT2D eigenvalue weighted by Crippen LogP contribution is 2.28. The summed E-state index contributed by atoms with van der Waals surface area (Å²) in [5, 5.41) is 9.40. The lowest BCUT2D eigenvalue weighted by atomic mass is 9.96. The van der Waals surface area contributed by atoms with Gasteiger partial charge in [-0.05, 0) is 37.8 Å². The van der Waals surface area contributed by atoms with E-state index in [0.717, 1.165) is 11.0 Å². The van der Waals surface area contributed by atoms with Crippen molar-refractivity contribution in [2.45, 2.75) is 52.0 Å². The van der Waals surface area contributed by atoms with Crippen LogP contribution in [-0.4, -0.2) is 15.0 Å². The summed E-state index contributed by atoms with van der Waals surface area (Å²) in [5.41, 5.74) is 4.62. The molecule has 2 aromatic rings. The van der Waals surface area contributed by atoms with E-state index in [2.05, 4.69) is 26.0 Å². The van der Waals surface area contributed by atoms with Crippen molar-refractivity contribution >= 4 is 11.0 Å². The molecule has 0 aliphatic heterocycles. The topological polar surface area (TPSA) is 30.7 Å². The Bertz CT molecular complexity index is 497. The normalized spacial score (nSPS) is 17.8. The SMILES string of the molecule is Cc1ccc(C)c2nn(C3CCCCC3)nc12. The number of aryl methyl sites for hydroxylation is 2. The molecule has 90 valence electrons. The summed E-state index contributed by atoms with van der Waals surface area (Å²) in [7, 11) is 0. The summed E-state index contributed by atoms with van der Waals surface area (Å²) in [5.74, 6) is 0. The average molecular weight is 229 g/mol. The molecule has 0 amide bonds. The molecule has 0 unspecified atom stereocenters. The number of aromatic nitrogens is 3. The maximum Gasteiger partial charge on any atom is 0.116 e. The molecule has 0 radical (unpaired) electrons. The second-order valence-electron chi connectivity index (χ2n) is 5.21. The van der Waals surface area contributed by atoms with Crippen LogP contribution < -0.4 is 0 Å². The van der Waals surface area contributed by atoms with Gasteiger partial charge in [0.1, 0.15) is 11.0 Å². The van der Waals surface area contributed by atoms with Gasteiger partial charge in [-0.2, -0.15) is 15.0 Å². The van der Waals surface area contributed by atoms with Gasteiger partial charge < -0.3 is 0 Å². The highest BCUT2D eigenvalue weighted by Gasteiger charge is 2.18. The van der Waals surface area contributed by atoms with Gasteiger partial charge in [-0.15, -0.1) is 0 Å². The largest absolute Gasteiger partial charge is 0.181 e. The van der Waals surface area contributed by atoms with Crippen molar-refractivity contribution in [2.24, 2.45) is 0 Å². The van der Waals surface area contributed by atoms with Crippen molar-refractivity contribution in [1.29, 1.82) is 0 Å². The Balaban J connectivity index is 2.06. The minimum Gasteiger partial charge on any atom is -0.181 e. The third-order valence-electron chi connectivity index (χ3n) is 3.86. The van der Waals surface area contributed by atoms with E-state index in [1.165, 1.54) is 43.2 Å². The highest BCUT2D eigenvalue weighted by molar-refractivity contribution is 5.80. The van der Waals surface area contributed by atoms with E-state index in [9.17, 15) is 0 Å². The summed E-state index contributed by atoms with van der Waals surface area (Å²) in [4.78, 5) is 1.98. The molecule has 17 heavy (non-hydrogen) atoms. The van der Waals surface area contributed by atoms with Crippen LogP contribution in [0.4, 0.5) is 0 Å². The number of hydrogen-bond acceptors (Lipinski definition) is 2. The van der Waals surface area contributed by atoms with E-state index >= 15 is 0 Å². The van der Waals surface area contributed by atoms with Crippen LogP contribution in [0.2, 0.25) is 0 Å². The van der Waals surface area contributed by atoms with Crippen LogP contribution in [0.3, 0.4) is 0 Å². The Morgan fingerprint density at radius 3 is 2.00 bits per heavy atom. The monoisotopic (exact) mass is 229 g/mol. The van der Waals surface area contributed by atoms with E-state index in [0.29, 0.717) is 6.04 Å². The molecule has 1 heterocycles. The third-order valence-corrected chi connectivity index (χ3v) is 3.86. The Morgan fingerprint density at radius 2 is 1.47 bits per heavy atom. The second-order valence-corrected chi connectivity index (χ2v) is 5.21. The van der Waals surface area contributed by atoms with Gasteiger partial charge in [0.05, 0.1) is 6.04 Å². The summed E-state index contributed by atoms with van der Waals surface area (Å²) >= 11 is 0. The fourth-order valence-corrected chi connectivity index (χ4v) is 2.74. The molecule has 1 aliphatic rings. The lowest BCUT2D eigenvalue weighted by Gasteiger charge is -2.20. The minimum atomic E-state index is 0.523. The number of rotatable bonds is 1. The van der Waals surface area contributed by atoms with Gasteiger partial charge >= 0.3 is 0 Å². The van der Waals surface area contributed by atoms with Gasteiger partial charge in [-0.3, -0.25) is 0 Å². The third kappa shape index (κ3) is 1.84. The molecule has 1 aliphatic carbocycles. The van der Waals surface area contributed by atoms with Crippen LogP contribution in [0.15, 0.2) is 12.1 Å². The molecule has 3 heteroatoms. The first kappa shape index (κ1) is 10.8. The van der Waals surface area contributed by atoms with Gasteiger partial charge in [0, 0.05) is 0 Å². The molecule has 0 atom stereocenters. The molecule has 3 rings (SSSR count). The van der Waals surface area contributed by atoms with Gasteiger partial charge in [-0.25, -0.2) is 0 Å². The van der Waals surface area contributed by atoms with Crippen LogP contribution in [0, 0.1) is 13.8 Å². The maximum absolute atomic E-state index is 4.70. The standard InChI is InChI=1S/C14H19N3/c1-10-8-9-11(2)14-13(10)15-17(16-14)12-6-4-3-5-7-12/h8-9,12H,3-7H2,1-2H3. The summed E-state index contributed by atoms with van der Waals surface area (Å²) in [6.45, 7) is 4.23. The molecule has 1 saturated carbocycles. The molecular formula is C14H19N3. The van der Waals surface area contributed by atoms with Crippen LogP contribution in [0.1, 0.15) is 49.3 Å². The van der Waals surface area contributed by atoms with E-state index in [-0.39, 0.29) is 0 Å². The van der Waals surface area contributed by atoms with Gasteiger partial charge in [-0.1, -0.05) is 31.4 Å². The first-order chi connectivity index (χ1) is 8.25. The highest BCUT2D eigenvalue weighted by atomic mass is 15.5. The first-order valence-electron chi connectivity index (χ1n) is 6.58. The smallest absolute Gasteiger partial charge is 0.116 e.